The number of fused-ring (bicyclic) bond motifs is 2. The van der Waals surface area contributed by atoms with Crippen molar-refractivity contribution >= 4 is 38.9 Å². The Kier molecular flexibility index (Phi) is 3.29. The largest absolute Gasteiger partial charge is 0.323 e. The van der Waals surface area contributed by atoms with Gasteiger partial charge in [0, 0.05) is 10.6 Å². The van der Waals surface area contributed by atoms with E-state index in [4.69, 9.17) is 11.6 Å². The van der Waals surface area contributed by atoms with Crippen LogP contribution in [0.3, 0.4) is 0 Å². The van der Waals surface area contributed by atoms with Crippen LogP contribution in [0, 0.1) is 0 Å². The number of hydrogen-bond acceptors (Lipinski definition) is 5. The van der Waals surface area contributed by atoms with Gasteiger partial charge in [0.05, 0.1) is 23.9 Å². The molecule has 0 spiro atoms. The topological polar surface area (TPSA) is 60.9 Å². The lowest BCUT2D eigenvalue weighted by molar-refractivity contribution is 0.726. The second kappa shape index (κ2) is 5.65. The van der Waals surface area contributed by atoms with Crippen molar-refractivity contribution in [3.05, 3.63) is 65.7 Å². The average Bonchev–Trinajstić information content (AvgIpc) is 3.31. The minimum absolute atomic E-state index is 0.556. The molecule has 5 rings (SSSR count). The molecule has 3 heterocycles. The quantitative estimate of drug-likeness (QED) is 0.485. The van der Waals surface area contributed by atoms with Gasteiger partial charge in [-0.1, -0.05) is 47.2 Å². The molecule has 0 fully saturated rings. The normalized spacial score (nSPS) is 11.6. The molecular formula is C17H11ClN6S. The van der Waals surface area contributed by atoms with E-state index in [1.807, 2.05) is 59.4 Å². The van der Waals surface area contributed by atoms with Crippen LogP contribution >= 0.6 is 22.9 Å². The Morgan fingerprint density at radius 2 is 1.96 bits per heavy atom. The van der Waals surface area contributed by atoms with Gasteiger partial charge in [-0.3, -0.25) is 0 Å². The number of para-hydroxylation sites is 2. The highest BCUT2D eigenvalue weighted by atomic mass is 35.5. The van der Waals surface area contributed by atoms with Crippen molar-refractivity contribution in [2.75, 3.05) is 0 Å². The molecule has 6 nitrogen and oxygen atoms in total. The fourth-order valence-corrected chi connectivity index (χ4v) is 3.83. The van der Waals surface area contributed by atoms with Crippen LogP contribution in [0.2, 0.25) is 5.02 Å². The van der Waals surface area contributed by atoms with Gasteiger partial charge in [-0.25, -0.2) is 4.98 Å². The van der Waals surface area contributed by atoms with E-state index < -0.39 is 0 Å². The van der Waals surface area contributed by atoms with E-state index in [0.717, 1.165) is 32.4 Å². The summed E-state index contributed by atoms with van der Waals surface area (Å²) >= 11 is 7.57. The zero-order valence-corrected chi connectivity index (χ0v) is 14.4. The van der Waals surface area contributed by atoms with Crippen molar-refractivity contribution in [2.45, 2.75) is 6.54 Å². The molecule has 0 unspecified atom stereocenters. The van der Waals surface area contributed by atoms with Crippen LogP contribution in [0.1, 0.15) is 5.82 Å². The van der Waals surface area contributed by atoms with Gasteiger partial charge in [-0.2, -0.15) is 9.61 Å². The third-order valence-corrected chi connectivity index (χ3v) is 5.15. The summed E-state index contributed by atoms with van der Waals surface area (Å²) in [5.74, 6) is 0.766. The van der Waals surface area contributed by atoms with Crippen LogP contribution in [-0.4, -0.2) is 29.4 Å². The lowest BCUT2D eigenvalue weighted by Crippen LogP contribution is -2.04. The third kappa shape index (κ3) is 2.48. The van der Waals surface area contributed by atoms with Crippen molar-refractivity contribution in [3.63, 3.8) is 0 Å². The maximum Gasteiger partial charge on any atom is 0.235 e. The highest BCUT2D eigenvalue weighted by molar-refractivity contribution is 7.19. The first-order chi connectivity index (χ1) is 12.3. The van der Waals surface area contributed by atoms with E-state index in [-0.39, 0.29) is 0 Å². The maximum absolute atomic E-state index is 6.08. The number of halogens is 1. The van der Waals surface area contributed by atoms with Crippen molar-refractivity contribution in [2.24, 2.45) is 0 Å². The summed E-state index contributed by atoms with van der Waals surface area (Å²) in [4.78, 5) is 5.17. The Morgan fingerprint density at radius 1 is 1.04 bits per heavy atom. The smallest absolute Gasteiger partial charge is 0.235 e. The predicted molar refractivity (Wildman–Crippen MR) is 97.9 cm³/mol. The minimum Gasteiger partial charge on any atom is -0.323 e. The zero-order chi connectivity index (χ0) is 16.8. The van der Waals surface area contributed by atoms with Crippen LogP contribution in [0.4, 0.5) is 0 Å². The fourth-order valence-electron chi connectivity index (χ4n) is 2.78. The Morgan fingerprint density at radius 3 is 2.88 bits per heavy atom. The maximum atomic E-state index is 6.08. The Bertz CT molecular complexity index is 1200. The highest BCUT2D eigenvalue weighted by Crippen LogP contribution is 2.27. The number of imidazole rings is 1. The molecule has 25 heavy (non-hydrogen) atoms. The standard InChI is InChI=1S/C17H11ClN6S/c18-12-5-3-4-11(8-12)16-22-24-15(20-21-17(24)25-16)9-23-10-19-13-6-1-2-7-14(13)23/h1-8,10H,9H2. The van der Waals surface area contributed by atoms with E-state index in [9.17, 15) is 0 Å². The third-order valence-electron chi connectivity index (χ3n) is 3.97. The molecule has 0 radical (unpaired) electrons. The average molecular weight is 367 g/mol. The molecule has 0 saturated carbocycles. The summed E-state index contributed by atoms with van der Waals surface area (Å²) in [6.07, 6.45) is 1.82. The van der Waals surface area contributed by atoms with Crippen LogP contribution in [-0.2, 0) is 6.54 Å². The predicted octanol–water partition coefficient (Wildman–Crippen LogP) is 3.90. The monoisotopic (exact) mass is 366 g/mol. The van der Waals surface area contributed by atoms with E-state index >= 15 is 0 Å². The fraction of sp³-hybridized carbons (Fsp3) is 0.0588. The van der Waals surface area contributed by atoms with Crippen molar-refractivity contribution in [3.8, 4) is 10.6 Å². The first-order valence-electron chi connectivity index (χ1n) is 7.65. The van der Waals surface area contributed by atoms with Crippen LogP contribution in [0.5, 0.6) is 0 Å². The lowest BCUT2D eigenvalue weighted by atomic mass is 10.2. The number of aromatic nitrogens is 6. The van der Waals surface area contributed by atoms with Crippen molar-refractivity contribution in [1.82, 2.24) is 29.4 Å². The first-order valence-corrected chi connectivity index (χ1v) is 8.84. The molecule has 5 aromatic rings. The number of nitrogens with zero attached hydrogens (tertiary/aromatic N) is 6. The van der Waals surface area contributed by atoms with Gasteiger partial charge in [-0.05, 0) is 24.3 Å². The molecule has 0 amide bonds. The summed E-state index contributed by atoms with van der Waals surface area (Å²) in [5, 5.41) is 14.7. The van der Waals surface area contributed by atoms with E-state index in [1.165, 1.54) is 11.3 Å². The first kappa shape index (κ1) is 14.6. The summed E-state index contributed by atoms with van der Waals surface area (Å²) < 4.78 is 3.83. The molecule has 0 atom stereocenters. The van der Waals surface area contributed by atoms with Gasteiger partial charge in [-0.15, -0.1) is 10.2 Å². The van der Waals surface area contributed by atoms with Crippen LogP contribution in [0.25, 0.3) is 26.6 Å². The van der Waals surface area contributed by atoms with Gasteiger partial charge < -0.3 is 4.57 Å². The van der Waals surface area contributed by atoms with Crippen LogP contribution < -0.4 is 0 Å². The molecule has 0 saturated heterocycles. The summed E-state index contributed by atoms with van der Waals surface area (Å²) in [6.45, 7) is 0.556. The minimum atomic E-state index is 0.556. The number of rotatable bonds is 3. The molecule has 3 aromatic heterocycles. The molecule has 0 aliphatic heterocycles. The lowest BCUT2D eigenvalue weighted by Gasteiger charge is -2.01. The molecule has 0 aliphatic carbocycles. The van der Waals surface area contributed by atoms with Gasteiger partial charge in [0.25, 0.3) is 0 Å². The van der Waals surface area contributed by atoms with Gasteiger partial charge in [0.2, 0.25) is 4.96 Å². The summed E-state index contributed by atoms with van der Waals surface area (Å²) in [6, 6.07) is 15.7. The van der Waals surface area contributed by atoms with Gasteiger partial charge >= 0.3 is 0 Å². The molecule has 0 bridgehead atoms. The Labute approximate surface area is 151 Å². The zero-order valence-electron chi connectivity index (χ0n) is 12.9. The highest BCUT2D eigenvalue weighted by Gasteiger charge is 2.14. The SMILES string of the molecule is Clc1cccc(-c2nn3c(Cn4cnc5ccccc54)nnc3s2)c1. The molecule has 122 valence electrons. The second-order valence-electron chi connectivity index (χ2n) is 5.59. The molecule has 0 aliphatic rings. The summed E-state index contributed by atoms with van der Waals surface area (Å²) in [5.41, 5.74) is 2.99. The van der Waals surface area contributed by atoms with Gasteiger partial charge in [0.1, 0.15) is 5.01 Å². The van der Waals surface area contributed by atoms with E-state index in [0.29, 0.717) is 11.6 Å². The summed E-state index contributed by atoms with van der Waals surface area (Å²) in [7, 11) is 0. The van der Waals surface area contributed by atoms with Crippen LogP contribution in [0.15, 0.2) is 54.9 Å². The molecular weight excluding hydrogens is 356 g/mol. The molecule has 8 heteroatoms. The Balaban J connectivity index is 1.56. The van der Waals surface area contributed by atoms with Crippen molar-refractivity contribution < 1.29 is 0 Å². The van der Waals surface area contributed by atoms with Gasteiger partial charge in [0.15, 0.2) is 5.82 Å². The molecule has 0 N–H and O–H groups in total. The number of hydrogen-bond donors (Lipinski definition) is 0. The van der Waals surface area contributed by atoms with Crippen molar-refractivity contribution in [1.29, 1.82) is 0 Å². The van der Waals surface area contributed by atoms with E-state index in [2.05, 4.69) is 20.3 Å². The Hall–Kier alpha value is -2.77. The second-order valence-corrected chi connectivity index (χ2v) is 6.98. The molecule has 2 aromatic carbocycles. The van der Waals surface area contributed by atoms with E-state index in [1.54, 1.807) is 4.52 Å². The number of benzene rings is 2.